The highest BCUT2D eigenvalue weighted by Gasteiger charge is 2.30. The average molecular weight is 222 g/mol. The van der Waals surface area contributed by atoms with Crippen LogP contribution in [0.1, 0.15) is 39.5 Å². The number of carbonyl (C=O) groups is 2. The van der Waals surface area contributed by atoms with Gasteiger partial charge in [0.25, 0.3) is 0 Å². The van der Waals surface area contributed by atoms with Crippen LogP contribution in [0.3, 0.4) is 0 Å². The van der Waals surface area contributed by atoms with E-state index in [2.05, 4.69) is 24.7 Å². The van der Waals surface area contributed by atoms with Gasteiger partial charge < -0.3 is 4.74 Å². The minimum atomic E-state index is -0.415. The number of cyclic esters (lactones) is 2. The fourth-order valence-electron chi connectivity index (χ4n) is 1.47. The molecule has 1 unspecified atom stereocenters. The van der Waals surface area contributed by atoms with Gasteiger partial charge >= 0.3 is 11.9 Å². The normalized spacial score (nSPS) is 21.9. The molecule has 88 valence electrons. The fourth-order valence-corrected chi connectivity index (χ4v) is 1.47. The molecule has 1 fully saturated rings. The molecule has 0 aromatic carbocycles. The molecule has 1 aliphatic rings. The van der Waals surface area contributed by atoms with E-state index in [1.54, 1.807) is 6.08 Å². The van der Waals surface area contributed by atoms with Crippen LogP contribution in [0.4, 0.5) is 0 Å². The molecule has 0 amide bonds. The Morgan fingerprint density at radius 2 is 2.19 bits per heavy atom. The summed E-state index contributed by atoms with van der Waals surface area (Å²) < 4.78 is 4.45. The van der Waals surface area contributed by atoms with Gasteiger partial charge in [-0.1, -0.05) is 30.7 Å². The molecule has 0 aromatic heterocycles. The lowest BCUT2D eigenvalue weighted by Gasteiger charge is -1.95. The van der Waals surface area contributed by atoms with Crippen molar-refractivity contribution in [3.05, 3.63) is 23.8 Å². The van der Waals surface area contributed by atoms with Crippen LogP contribution in [0.5, 0.6) is 0 Å². The van der Waals surface area contributed by atoms with Crippen molar-refractivity contribution in [1.29, 1.82) is 0 Å². The molecular weight excluding hydrogens is 204 g/mol. The van der Waals surface area contributed by atoms with E-state index in [1.165, 1.54) is 5.57 Å². The van der Waals surface area contributed by atoms with Gasteiger partial charge in [0.15, 0.2) is 0 Å². The zero-order chi connectivity index (χ0) is 12.0. The highest BCUT2D eigenvalue weighted by Crippen LogP contribution is 2.17. The van der Waals surface area contributed by atoms with Gasteiger partial charge in [-0.15, -0.1) is 0 Å². The fraction of sp³-hybridized carbons (Fsp3) is 0.538. The Balaban J connectivity index is 2.27. The molecule has 1 saturated heterocycles. The topological polar surface area (TPSA) is 43.4 Å². The number of ether oxygens (including phenoxy) is 1. The molecule has 1 heterocycles. The summed E-state index contributed by atoms with van der Waals surface area (Å²) >= 11 is 0. The number of unbranched alkanes of at least 4 members (excludes halogenated alkanes) is 1. The number of hydrogen-bond acceptors (Lipinski definition) is 3. The standard InChI is InChI=1S/C13H18O3/c1-3-10(2)7-5-4-6-8-11-9-12(14)16-13(11)15/h6-8,11H,3-5,9H2,1-2H3. The first-order valence-electron chi connectivity index (χ1n) is 5.70. The van der Waals surface area contributed by atoms with Gasteiger partial charge in [0, 0.05) is 0 Å². The summed E-state index contributed by atoms with van der Waals surface area (Å²) in [5.41, 5.74) is 1.38. The van der Waals surface area contributed by atoms with Crippen molar-refractivity contribution >= 4 is 11.9 Å². The van der Waals surface area contributed by atoms with Crippen LogP contribution >= 0.6 is 0 Å². The third-order valence-corrected chi connectivity index (χ3v) is 2.66. The number of esters is 2. The van der Waals surface area contributed by atoms with Crippen LogP contribution in [0.2, 0.25) is 0 Å². The Labute approximate surface area is 96.2 Å². The van der Waals surface area contributed by atoms with E-state index in [-0.39, 0.29) is 12.3 Å². The highest BCUT2D eigenvalue weighted by atomic mass is 16.6. The Morgan fingerprint density at radius 1 is 1.44 bits per heavy atom. The van der Waals surface area contributed by atoms with E-state index in [9.17, 15) is 9.59 Å². The minimum Gasteiger partial charge on any atom is -0.393 e. The summed E-state index contributed by atoms with van der Waals surface area (Å²) in [6, 6.07) is 0. The Kier molecular flexibility index (Phi) is 4.96. The van der Waals surface area contributed by atoms with Gasteiger partial charge in [0.2, 0.25) is 0 Å². The van der Waals surface area contributed by atoms with Crippen molar-refractivity contribution in [2.75, 3.05) is 0 Å². The molecule has 0 N–H and O–H groups in total. The van der Waals surface area contributed by atoms with Crippen LogP contribution in [0.25, 0.3) is 0 Å². The van der Waals surface area contributed by atoms with E-state index in [0.29, 0.717) is 0 Å². The van der Waals surface area contributed by atoms with E-state index in [0.717, 1.165) is 19.3 Å². The maximum atomic E-state index is 11.1. The van der Waals surface area contributed by atoms with Gasteiger partial charge in [0.05, 0.1) is 12.3 Å². The van der Waals surface area contributed by atoms with Crippen LogP contribution in [-0.2, 0) is 14.3 Å². The highest BCUT2D eigenvalue weighted by molar-refractivity contribution is 5.95. The van der Waals surface area contributed by atoms with Crippen molar-refractivity contribution in [3.8, 4) is 0 Å². The third kappa shape index (κ3) is 4.01. The number of rotatable bonds is 5. The molecule has 3 nitrogen and oxygen atoms in total. The molecule has 0 radical (unpaired) electrons. The van der Waals surface area contributed by atoms with E-state index in [1.807, 2.05) is 6.08 Å². The predicted molar refractivity (Wildman–Crippen MR) is 61.6 cm³/mol. The second-order valence-electron chi connectivity index (χ2n) is 4.01. The second kappa shape index (κ2) is 6.26. The minimum absolute atomic E-state index is 0.194. The zero-order valence-electron chi connectivity index (χ0n) is 9.86. The van der Waals surface area contributed by atoms with Crippen molar-refractivity contribution in [1.82, 2.24) is 0 Å². The summed E-state index contributed by atoms with van der Waals surface area (Å²) in [4.78, 5) is 21.9. The van der Waals surface area contributed by atoms with Gasteiger partial charge in [-0.2, -0.15) is 0 Å². The summed E-state index contributed by atoms with van der Waals surface area (Å²) in [7, 11) is 0. The lowest BCUT2D eigenvalue weighted by Crippen LogP contribution is -2.03. The SMILES string of the molecule is CCC(C)=CCCC=CC1CC(=O)OC1=O. The summed E-state index contributed by atoms with van der Waals surface area (Å²) in [6.45, 7) is 4.23. The predicted octanol–water partition coefficient (Wildman–Crippen LogP) is 2.77. The lowest BCUT2D eigenvalue weighted by molar-refractivity contribution is -0.152. The Bertz CT molecular complexity index is 326. The first-order chi connectivity index (χ1) is 7.63. The van der Waals surface area contributed by atoms with Gasteiger partial charge in [-0.3, -0.25) is 9.59 Å². The largest absolute Gasteiger partial charge is 0.393 e. The summed E-state index contributed by atoms with van der Waals surface area (Å²) in [6.07, 6.45) is 9.07. The van der Waals surface area contributed by atoms with Crippen molar-refractivity contribution in [3.63, 3.8) is 0 Å². The first-order valence-corrected chi connectivity index (χ1v) is 5.70. The maximum Gasteiger partial charge on any atom is 0.321 e. The molecule has 1 atom stereocenters. The molecule has 1 aliphatic heterocycles. The molecule has 1 rings (SSSR count). The second-order valence-corrected chi connectivity index (χ2v) is 4.01. The van der Waals surface area contributed by atoms with E-state index < -0.39 is 11.9 Å². The van der Waals surface area contributed by atoms with Crippen LogP contribution in [0, 0.1) is 5.92 Å². The van der Waals surface area contributed by atoms with Gasteiger partial charge in [-0.25, -0.2) is 0 Å². The molecule has 16 heavy (non-hydrogen) atoms. The van der Waals surface area contributed by atoms with Crippen molar-refractivity contribution in [2.24, 2.45) is 5.92 Å². The van der Waals surface area contributed by atoms with Crippen LogP contribution in [0.15, 0.2) is 23.8 Å². The Hall–Kier alpha value is -1.38. The quantitative estimate of drug-likeness (QED) is 0.311. The molecule has 0 aromatic rings. The molecule has 0 saturated carbocycles. The van der Waals surface area contributed by atoms with E-state index in [4.69, 9.17) is 0 Å². The lowest BCUT2D eigenvalue weighted by atomic mass is 10.1. The van der Waals surface area contributed by atoms with Gasteiger partial charge in [0.1, 0.15) is 0 Å². The molecular formula is C13H18O3. The molecule has 0 bridgehead atoms. The van der Waals surface area contributed by atoms with Crippen LogP contribution < -0.4 is 0 Å². The molecule has 3 heteroatoms. The summed E-state index contributed by atoms with van der Waals surface area (Å²) in [5.74, 6) is -1.19. The number of carbonyl (C=O) groups excluding carboxylic acids is 2. The van der Waals surface area contributed by atoms with Crippen LogP contribution in [-0.4, -0.2) is 11.9 Å². The molecule has 0 aliphatic carbocycles. The number of hydrogen-bond donors (Lipinski definition) is 0. The monoisotopic (exact) mass is 222 g/mol. The number of allylic oxidation sites excluding steroid dienone is 3. The smallest absolute Gasteiger partial charge is 0.321 e. The molecule has 0 spiro atoms. The zero-order valence-corrected chi connectivity index (χ0v) is 9.86. The van der Waals surface area contributed by atoms with Crippen molar-refractivity contribution < 1.29 is 14.3 Å². The van der Waals surface area contributed by atoms with Gasteiger partial charge in [-0.05, 0) is 26.2 Å². The summed E-state index contributed by atoms with van der Waals surface area (Å²) in [5, 5.41) is 0. The average Bonchev–Trinajstić information content (AvgIpc) is 2.56. The van der Waals surface area contributed by atoms with Crippen molar-refractivity contribution in [2.45, 2.75) is 39.5 Å². The van der Waals surface area contributed by atoms with E-state index >= 15 is 0 Å². The Morgan fingerprint density at radius 3 is 2.75 bits per heavy atom. The maximum absolute atomic E-state index is 11.1. The third-order valence-electron chi connectivity index (χ3n) is 2.66. The first kappa shape index (κ1) is 12.7.